The van der Waals surface area contributed by atoms with Gasteiger partial charge in [-0.2, -0.15) is 5.26 Å². The molecule has 2 N–H and O–H groups in total. The average molecular weight is 284 g/mol. The number of hydrogen-bond acceptors (Lipinski definition) is 2. The summed E-state index contributed by atoms with van der Waals surface area (Å²) in [4.78, 5) is 14.1. The summed E-state index contributed by atoms with van der Waals surface area (Å²) in [7, 11) is 0. The molecule has 0 amide bonds. The van der Waals surface area contributed by atoms with Crippen LogP contribution in [-0.4, -0.2) is 16.1 Å². The van der Waals surface area contributed by atoms with Crippen LogP contribution in [0.15, 0.2) is 24.3 Å². The molecule has 5 heteroatoms. The minimum Gasteiger partial charge on any atom is -0.478 e. The monoisotopic (exact) mass is 284 g/mol. The lowest BCUT2D eigenvalue weighted by atomic mass is 10.0. The van der Waals surface area contributed by atoms with Crippen molar-refractivity contribution in [1.82, 2.24) is 4.98 Å². The van der Waals surface area contributed by atoms with E-state index in [1.807, 2.05) is 6.07 Å². The number of aromatic carboxylic acids is 1. The maximum absolute atomic E-state index is 13.2. The number of halogens is 1. The number of carboxylic acids is 1. The van der Waals surface area contributed by atoms with E-state index < -0.39 is 11.8 Å². The van der Waals surface area contributed by atoms with Crippen molar-refractivity contribution in [3.05, 3.63) is 58.2 Å². The number of aryl methyl sites for hydroxylation is 1. The van der Waals surface area contributed by atoms with Crippen LogP contribution >= 0.6 is 0 Å². The normalized spacial score (nSPS) is 11.2. The van der Waals surface area contributed by atoms with Crippen LogP contribution < -0.4 is 0 Å². The summed E-state index contributed by atoms with van der Waals surface area (Å²) >= 11 is 0. The number of carboxylic acid groups (broad SMARTS) is 1. The highest BCUT2D eigenvalue weighted by atomic mass is 19.1. The van der Waals surface area contributed by atoms with Crippen LogP contribution in [0.4, 0.5) is 4.39 Å². The summed E-state index contributed by atoms with van der Waals surface area (Å²) in [6.07, 6.45) is 1.53. The molecule has 1 aromatic heterocycles. The van der Waals surface area contributed by atoms with Gasteiger partial charge in [0, 0.05) is 11.4 Å². The molecule has 0 spiro atoms. The fourth-order valence-corrected chi connectivity index (χ4v) is 2.22. The summed E-state index contributed by atoms with van der Waals surface area (Å²) in [6, 6.07) is 7.71. The van der Waals surface area contributed by atoms with E-state index in [1.54, 1.807) is 19.9 Å². The molecule has 0 atom stereocenters. The summed E-state index contributed by atoms with van der Waals surface area (Å²) in [5, 5.41) is 18.4. The second-order valence-corrected chi connectivity index (χ2v) is 4.65. The zero-order valence-corrected chi connectivity index (χ0v) is 11.6. The number of hydrogen-bond donors (Lipinski definition) is 2. The van der Waals surface area contributed by atoms with Crippen LogP contribution in [0, 0.1) is 31.0 Å². The smallest absolute Gasteiger partial charge is 0.337 e. The first-order chi connectivity index (χ1) is 9.93. The Morgan fingerprint density at radius 1 is 1.43 bits per heavy atom. The van der Waals surface area contributed by atoms with Gasteiger partial charge < -0.3 is 10.1 Å². The van der Waals surface area contributed by atoms with Gasteiger partial charge in [0.2, 0.25) is 0 Å². The highest BCUT2D eigenvalue weighted by Crippen LogP contribution is 2.23. The second kappa shape index (κ2) is 5.63. The minimum absolute atomic E-state index is 0.192. The number of rotatable bonds is 3. The zero-order valence-electron chi connectivity index (χ0n) is 11.6. The summed E-state index contributed by atoms with van der Waals surface area (Å²) in [5.74, 6) is -1.45. The molecule has 0 saturated carbocycles. The van der Waals surface area contributed by atoms with Crippen molar-refractivity contribution in [2.75, 3.05) is 0 Å². The number of nitrogens with one attached hydrogen (secondary N) is 1. The number of aromatic nitrogens is 1. The number of nitrogens with zero attached hydrogens (tertiary/aromatic N) is 1. The molecule has 21 heavy (non-hydrogen) atoms. The van der Waals surface area contributed by atoms with Gasteiger partial charge in [0.05, 0.1) is 17.2 Å². The largest absolute Gasteiger partial charge is 0.478 e. The van der Waals surface area contributed by atoms with Crippen LogP contribution in [0.3, 0.4) is 0 Å². The molecule has 0 aliphatic carbocycles. The molecule has 4 nitrogen and oxygen atoms in total. The lowest BCUT2D eigenvalue weighted by molar-refractivity contribution is 0.0695. The third-order valence-electron chi connectivity index (χ3n) is 3.23. The molecule has 0 unspecified atom stereocenters. The van der Waals surface area contributed by atoms with E-state index in [-0.39, 0.29) is 11.1 Å². The van der Waals surface area contributed by atoms with Gasteiger partial charge >= 0.3 is 5.97 Å². The molecular weight excluding hydrogens is 271 g/mol. The summed E-state index contributed by atoms with van der Waals surface area (Å²) in [5.41, 5.74) is 2.49. The Kier molecular flexibility index (Phi) is 3.90. The second-order valence-electron chi connectivity index (χ2n) is 4.65. The SMILES string of the molecule is Cc1[nH]c(/C=C(\C#N)c2cccc(F)c2)c(C)c1C(=O)O. The van der Waals surface area contributed by atoms with E-state index in [1.165, 1.54) is 24.3 Å². The van der Waals surface area contributed by atoms with Crippen molar-refractivity contribution in [3.63, 3.8) is 0 Å². The molecule has 0 fully saturated rings. The van der Waals surface area contributed by atoms with Crippen LogP contribution in [0.2, 0.25) is 0 Å². The first kappa shape index (κ1) is 14.5. The standard InChI is InChI=1S/C16H13FN2O2/c1-9-14(19-10(2)15(9)16(20)21)7-12(8-18)11-4-3-5-13(17)6-11/h3-7,19H,1-2H3,(H,20,21)/b12-7+. The molecule has 0 aliphatic rings. The van der Waals surface area contributed by atoms with Gasteiger partial charge in [-0.25, -0.2) is 9.18 Å². The maximum atomic E-state index is 13.2. The molecule has 0 aliphatic heterocycles. The van der Waals surface area contributed by atoms with E-state index in [2.05, 4.69) is 4.98 Å². The van der Waals surface area contributed by atoms with Gasteiger partial charge in [-0.1, -0.05) is 12.1 Å². The van der Waals surface area contributed by atoms with E-state index in [9.17, 15) is 14.4 Å². The van der Waals surface area contributed by atoms with Crippen molar-refractivity contribution in [1.29, 1.82) is 5.26 Å². The molecule has 0 radical (unpaired) electrons. The van der Waals surface area contributed by atoms with Gasteiger partial charge in [0.1, 0.15) is 5.82 Å². The third-order valence-corrected chi connectivity index (χ3v) is 3.23. The molecule has 0 saturated heterocycles. The lowest BCUT2D eigenvalue weighted by Gasteiger charge is -2.00. The van der Waals surface area contributed by atoms with Crippen LogP contribution in [-0.2, 0) is 0 Å². The van der Waals surface area contributed by atoms with Crippen molar-refractivity contribution in [2.45, 2.75) is 13.8 Å². The number of H-pyrrole nitrogens is 1. The number of allylic oxidation sites excluding steroid dienone is 1. The average Bonchev–Trinajstić information content (AvgIpc) is 2.70. The van der Waals surface area contributed by atoms with Gasteiger partial charge in [0.15, 0.2) is 0 Å². The third kappa shape index (κ3) is 2.84. The Bertz CT molecular complexity index is 782. The molecule has 106 valence electrons. The number of carbonyl (C=O) groups is 1. The van der Waals surface area contributed by atoms with Crippen molar-refractivity contribution in [3.8, 4) is 6.07 Å². The predicted molar refractivity (Wildman–Crippen MR) is 77.1 cm³/mol. The van der Waals surface area contributed by atoms with Crippen molar-refractivity contribution in [2.24, 2.45) is 0 Å². The Morgan fingerprint density at radius 3 is 2.67 bits per heavy atom. The van der Waals surface area contributed by atoms with Crippen LogP contribution in [0.1, 0.15) is 32.9 Å². The summed E-state index contributed by atoms with van der Waals surface area (Å²) in [6.45, 7) is 3.32. The molecule has 2 rings (SSSR count). The van der Waals surface area contributed by atoms with E-state index in [0.717, 1.165) is 0 Å². The van der Waals surface area contributed by atoms with Gasteiger partial charge in [-0.3, -0.25) is 0 Å². The van der Waals surface area contributed by atoms with Gasteiger partial charge in [-0.15, -0.1) is 0 Å². The van der Waals surface area contributed by atoms with E-state index in [4.69, 9.17) is 5.11 Å². The fraction of sp³-hybridized carbons (Fsp3) is 0.125. The first-order valence-corrected chi connectivity index (χ1v) is 6.24. The quantitative estimate of drug-likeness (QED) is 0.846. The molecule has 0 bridgehead atoms. The molecular formula is C16H13FN2O2. The van der Waals surface area contributed by atoms with Crippen molar-refractivity contribution < 1.29 is 14.3 Å². The number of aromatic amines is 1. The highest BCUT2D eigenvalue weighted by Gasteiger charge is 2.16. The van der Waals surface area contributed by atoms with Gasteiger partial charge in [-0.05, 0) is 43.2 Å². The Labute approximate surface area is 121 Å². The van der Waals surface area contributed by atoms with E-state index >= 15 is 0 Å². The molecule has 1 aromatic carbocycles. The maximum Gasteiger partial charge on any atom is 0.337 e. The minimum atomic E-state index is -1.02. The first-order valence-electron chi connectivity index (χ1n) is 6.24. The molecule has 2 aromatic rings. The van der Waals surface area contributed by atoms with Crippen LogP contribution in [0.5, 0.6) is 0 Å². The zero-order chi connectivity index (χ0) is 15.6. The van der Waals surface area contributed by atoms with Crippen molar-refractivity contribution >= 4 is 17.6 Å². The highest BCUT2D eigenvalue weighted by molar-refractivity contribution is 5.95. The topological polar surface area (TPSA) is 76.9 Å². The van der Waals surface area contributed by atoms with E-state index in [0.29, 0.717) is 22.5 Å². The van der Waals surface area contributed by atoms with Crippen LogP contribution in [0.25, 0.3) is 11.6 Å². The fourth-order valence-electron chi connectivity index (χ4n) is 2.22. The predicted octanol–water partition coefficient (Wildman–Crippen LogP) is 3.53. The number of benzene rings is 1. The number of nitriles is 1. The van der Waals surface area contributed by atoms with Gasteiger partial charge in [0.25, 0.3) is 0 Å². The Morgan fingerprint density at radius 2 is 2.14 bits per heavy atom. The Balaban J connectivity index is 2.54. The molecule has 1 heterocycles. The summed E-state index contributed by atoms with van der Waals surface area (Å²) < 4.78 is 13.2. The Hall–Kier alpha value is -2.87. The lowest BCUT2D eigenvalue weighted by Crippen LogP contribution is -1.98.